The number of aliphatic hydroxyl groups excluding tert-OH is 1. The number of fused-ring (bicyclic) bond motifs is 5. The second kappa shape index (κ2) is 29.0. The van der Waals surface area contributed by atoms with E-state index in [1.54, 1.807) is 91.8 Å². The van der Waals surface area contributed by atoms with E-state index in [9.17, 15) is 29.1 Å². The van der Waals surface area contributed by atoms with E-state index in [2.05, 4.69) is 67.0 Å². The molecule has 0 saturated heterocycles. The van der Waals surface area contributed by atoms with Crippen LogP contribution in [0.5, 0.6) is 11.5 Å². The number of hydrogen-bond donors (Lipinski definition) is 6. The molecule has 464 valence electrons. The predicted octanol–water partition coefficient (Wildman–Crippen LogP) is 7.61. The number of esters is 1. The number of carbonyl (C=O) groups excluding carboxylic acids is 7. The van der Waals surface area contributed by atoms with Gasteiger partial charge in [-0.25, -0.2) is 24.4 Å². The fraction of sp³-hybridized carbons (Fsp3) is 0.532. The monoisotopic (exact) mass is 1200 g/mol. The fourth-order valence-electron chi connectivity index (χ4n) is 8.96. The molecular weight excluding hydrogens is 1110 g/mol. The first-order valence-corrected chi connectivity index (χ1v) is 32.2. The summed E-state index contributed by atoms with van der Waals surface area (Å²) in [6.07, 6.45) is -3.03. The number of hydrogen-bond acceptors (Lipinski definition) is 16. The first-order valence-electron chi connectivity index (χ1n) is 28.5. The summed E-state index contributed by atoms with van der Waals surface area (Å²) in [6, 6.07) is 12.9. The first-order chi connectivity index (χ1) is 39.5. The third-order valence-corrected chi connectivity index (χ3v) is 15.2. The highest BCUT2D eigenvalue weighted by Crippen LogP contribution is 2.40. The van der Waals surface area contributed by atoms with Crippen molar-refractivity contribution in [2.75, 3.05) is 47.3 Å². The van der Waals surface area contributed by atoms with Crippen LogP contribution in [0.3, 0.4) is 0 Å². The maximum atomic E-state index is 15.4. The molecule has 5 atom stereocenters. The van der Waals surface area contributed by atoms with Gasteiger partial charge in [-0.1, -0.05) is 76.8 Å². The van der Waals surface area contributed by atoms with E-state index < -0.39 is 91.3 Å². The zero-order chi connectivity index (χ0) is 63.4. The highest BCUT2D eigenvalue weighted by atomic mass is 28.3. The first kappa shape index (κ1) is 68.2. The molecule has 85 heavy (non-hydrogen) atoms. The number of carbonyl (C=O) groups is 7. The van der Waals surface area contributed by atoms with Crippen LogP contribution in [0, 0.1) is 13.8 Å². The molecule has 6 amide bonds. The molecule has 2 heterocycles. The van der Waals surface area contributed by atoms with E-state index in [0.29, 0.717) is 40.5 Å². The summed E-state index contributed by atoms with van der Waals surface area (Å²) in [6.45, 7) is 27.5. The molecule has 4 aromatic rings. The second-order valence-electron chi connectivity index (χ2n) is 25.4. The number of ether oxygens (including phenoxy) is 6. The van der Waals surface area contributed by atoms with Crippen molar-refractivity contribution in [2.45, 2.75) is 169 Å². The van der Waals surface area contributed by atoms with Crippen molar-refractivity contribution in [3.63, 3.8) is 0 Å². The summed E-state index contributed by atoms with van der Waals surface area (Å²) in [5.74, 6) is -3.03. The van der Waals surface area contributed by atoms with Crippen molar-refractivity contribution in [2.24, 2.45) is 0 Å². The number of likely N-dealkylation sites (N-methyl/N-ethyl adjacent to an activating group) is 1. The third kappa shape index (κ3) is 20.5. The SMILES string of the molecule is COC(=O)[C@@H]1Cc2ccc(OC[C@H](O)CNC(=O)OC(C)(C)C)c(c2)-c2cc(ccc2OCOCC[Si](C)(C)C)[C@H](N(C)C(=O)[C@H](CCNC(=O)OC(C)(C)C)NC(=O)c2c(C)nc(-c3ccc(C(C)(C)C)cc3)nc2C)C(=O)N[C@@H](C)C(=O)N1. The largest absolute Gasteiger partial charge is 0.490 e. The smallest absolute Gasteiger partial charge is 0.407 e. The van der Waals surface area contributed by atoms with Crippen molar-refractivity contribution in [3.8, 4) is 34.0 Å². The van der Waals surface area contributed by atoms with E-state index in [0.717, 1.165) is 22.1 Å². The van der Waals surface area contributed by atoms with Crippen LogP contribution in [0.25, 0.3) is 22.5 Å². The number of nitrogens with zero attached hydrogens (tertiary/aromatic N) is 3. The fourth-order valence-corrected chi connectivity index (χ4v) is 9.72. The minimum atomic E-state index is -1.56. The molecule has 4 bridgehead atoms. The molecular formula is C62H88N8O14Si. The lowest BCUT2D eigenvalue weighted by molar-refractivity contribution is -0.145. The number of aliphatic hydroxyl groups is 1. The number of methoxy groups -OCH3 is 1. The van der Waals surface area contributed by atoms with Crippen LogP contribution in [0.15, 0.2) is 60.7 Å². The molecule has 1 aliphatic heterocycles. The quantitative estimate of drug-likeness (QED) is 0.0163. The number of amides is 6. The minimum absolute atomic E-state index is 0.0823. The van der Waals surface area contributed by atoms with Crippen LogP contribution in [-0.4, -0.2) is 153 Å². The molecule has 0 spiro atoms. The molecule has 1 aliphatic rings. The normalized spacial score (nSPS) is 16.5. The molecule has 23 heteroatoms. The molecule has 3 aromatic carbocycles. The number of rotatable bonds is 20. The predicted molar refractivity (Wildman–Crippen MR) is 324 cm³/mol. The second-order valence-corrected chi connectivity index (χ2v) is 31.1. The summed E-state index contributed by atoms with van der Waals surface area (Å²) < 4.78 is 34.6. The van der Waals surface area contributed by atoms with Crippen molar-refractivity contribution in [1.82, 2.24) is 41.5 Å². The van der Waals surface area contributed by atoms with Gasteiger partial charge in [-0.05, 0) is 121 Å². The minimum Gasteiger partial charge on any atom is -0.490 e. The van der Waals surface area contributed by atoms with Crippen molar-refractivity contribution >= 4 is 49.9 Å². The van der Waals surface area contributed by atoms with Crippen LogP contribution >= 0.6 is 0 Å². The molecule has 0 aliphatic carbocycles. The van der Waals surface area contributed by atoms with Gasteiger partial charge in [0.15, 0.2) is 12.6 Å². The van der Waals surface area contributed by atoms with Crippen molar-refractivity contribution in [3.05, 3.63) is 94.3 Å². The molecule has 6 N–H and O–H groups in total. The molecule has 0 radical (unpaired) electrons. The lowest BCUT2D eigenvalue weighted by atomic mass is 9.86. The molecule has 0 unspecified atom stereocenters. The van der Waals surface area contributed by atoms with Gasteiger partial charge in [0.25, 0.3) is 5.91 Å². The van der Waals surface area contributed by atoms with Gasteiger partial charge in [-0.2, -0.15) is 0 Å². The van der Waals surface area contributed by atoms with Crippen LogP contribution in [0.4, 0.5) is 9.59 Å². The summed E-state index contributed by atoms with van der Waals surface area (Å²) in [7, 11) is 1.04. The highest BCUT2D eigenvalue weighted by Gasteiger charge is 2.37. The van der Waals surface area contributed by atoms with E-state index in [4.69, 9.17) is 38.4 Å². The van der Waals surface area contributed by atoms with Gasteiger partial charge < -0.3 is 65.0 Å². The summed E-state index contributed by atoms with van der Waals surface area (Å²) in [5.41, 5.74) is 2.25. The zero-order valence-electron chi connectivity index (χ0n) is 52.4. The average Bonchev–Trinajstić information content (AvgIpc) is 2.37. The number of benzene rings is 3. The Morgan fingerprint density at radius 3 is 1.96 bits per heavy atom. The number of nitrogens with one attached hydrogen (secondary N) is 5. The molecule has 5 rings (SSSR count). The summed E-state index contributed by atoms with van der Waals surface area (Å²) >= 11 is 0. The van der Waals surface area contributed by atoms with Gasteiger partial charge >= 0.3 is 18.2 Å². The number of aromatic nitrogens is 2. The zero-order valence-corrected chi connectivity index (χ0v) is 53.4. The number of aryl methyl sites for hydroxylation is 2. The lowest BCUT2D eigenvalue weighted by Gasteiger charge is -2.33. The van der Waals surface area contributed by atoms with Crippen LogP contribution < -0.4 is 36.1 Å². The molecule has 0 saturated carbocycles. The Morgan fingerprint density at radius 2 is 1.38 bits per heavy atom. The van der Waals surface area contributed by atoms with E-state index >= 15 is 9.59 Å². The van der Waals surface area contributed by atoms with E-state index in [1.165, 1.54) is 21.1 Å². The Morgan fingerprint density at radius 1 is 0.788 bits per heavy atom. The molecule has 22 nitrogen and oxygen atoms in total. The maximum Gasteiger partial charge on any atom is 0.407 e. The Kier molecular flexibility index (Phi) is 23.2. The standard InChI is InChI=1S/C62H88N8O14Si/c1-36-50(37(2)66-52(65-36)40-19-22-42(23-20-40)60(4,5)6)54(73)68-46(26-27-63-58(77)83-61(7,8)9)56(75)70(13)51-41-21-25-49(82-35-80-28-29-85(15,16)17)45(32-41)44-30-39(31-47(57(76)79-14)69-53(72)38(3)67-55(51)74)18-24-48(44)81-34-43(71)33-64-59(78)84-62(10,11)12/h18-25,30,32,38,43,46-47,51,71H,26-29,31,33-35H2,1-17H3,(H,63,77)(H,64,78)(H,67,74)(H,68,73)(H,69,72)/t38-,43+,46-,47-,51-/m0/s1. The Labute approximate surface area is 500 Å². The lowest BCUT2D eigenvalue weighted by Crippen LogP contribution is -2.55. The summed E-state index contributed by atoms with van der Waals surface area (Å²) in [5, 5.41) is 24.6. The van der Waals surface area contributed by atoms with Gasteiger partial charge in [0.05, 0.1) is 30.6 Å². The van der Waals surface area contributed by atoms with Gasteiger partial charge in [0.2, 0.25) is 17.7 Å². The van der Waals surface area contributed by atoms with Crippen LogP contribution in [0.2, 0.25) is 25.7 Å². The van der Waals surface area contributed by atoms with Gasteiger partial charge in [0.1, 0.15) is 59.6 Å². The third-order valence-electron chi connectivity index (χ3n) is 13.4. The van der Waals surface area contributed by atoms with Crippen molar-refractivity contribution in [1.29, 1.82) is 0 Å². The van der Waals surface area contributed by atoms with Crippen LogP contribution in [0.1, 0.15) is 120 Å². The Hall–Kier alpha value is -7.63. The molecule has 1 aromatic heterocycles. The Bertz CT molecular complexity index is 3010. The van der Waals surface area contributed by atoms with Gasteiger partial charge in [-0.3, -0.25) is 19.2 Å². The van der Waals surface area contributed by atoms with Gasteiger partial charge in [0, 0.05) is 51.4 Å². The average molecular weight is 1200 g/mol. The van der Waals surface area contributed by atoms with Crippen LogP contribution in [-0.2, 0) is 50.0 Å². The Balaban J connectivity index is 1.65. The van der Waals surface area contributed by atoms with Gasteiger partial charge in [-0.15, -0.1) is 0 Å². The van der Waals surface area contributed by atoms with Crippen molar-refractivity contribution < 1.29 is 67.1 Å². The molecule has 0 fully saturated rings. The summed E-state index contributed by atoms with van der Waals surface area (Å²) in [4.78, 5) is 109. The van der Waals surface area contributed by atoms with E-state index in [1.807, 2.05) is 24.3 Å². The number of alkyl carbamates (subject to hydrolysis) is 2. The topological polar surface area (TPSA) is 284 Å². The highest BCUT2D eigenvalue weighted by molar-refractivity contribution is 6.76. The maximum absolute atomic E-state index is 15.4. The van der Waals surface area contributed by atoms with E-state index in [-0.39, 0.29) is 67.4 Å².